The van der Waals surface area contributed by atoms with Crippen molar-refractivity contribution in [3.8, 4) is 0 Å². The molecule has 0 fully saturated rings. The molecule has 7 heteroatoms. The van der Waals surface area contributed by atoms with Gasteiger partial charge in [0.2, 0.25) is 5.95 Å². The van der Waals surface area contributed by atoms with Crippen LogP contribution in [-0.4, -0.2) is 27.4 Å². The lowest BCUT2D eigenvalue weighted by Gasteiger charge is -2.10. The van der Waals surface area contributed by atoms with Gasteiger partial charge in [-0.3, -0.25) is 9.78 Å². The van der Waals surface area contributed by atoms with Crippen molar-refractivity contribution < 1.29 is 4.79 Å². The van der Waals surface area contributed by atoms with Crippen molar-refractivity contribution in [3.05, 3.63) is 78.2 Å². The summed E-state index contributed by atoms with van der Waals surface area (Å²) in [7, 11) is 0. The number of rotatable bonds is 6. The number of amides is 1. The molecule has 4 rings (SSSR count). The number of carbonyl (C=O) groups excluding carboxylic acids is 1. The Balaban J connectivity index is 1.48. The minimum Gasteiger partial charge on any atom is -0.354 e. The average Bonchev–Trinajstić information content (AvgIpc) is 2.74. The number of aryl methyl sites for hydroxylation is 1. The first-order valence-corrected chi connectivity index (χ1v) is 9.74. The monoisotopic (exact) mass is 398 g/mol. The van der Waals surface area contributed by atoms with Gasteiger partial charge in [0.05, 0.1) is 0 Å². The van der Waals surface area contributed by atoms with Crippen molar-refractivity contribution in [2.24, 2.45) is 0 Å². The summed E-state index contributed by atoms with van der Waals surface area (Å²) in [6.45, 7) is 4.68. The molecule has 3 N–H and O–H groups in total. The van der Waals surface area contributed by atoms with E-state index in [9.17, 15) is 4.79 Å². The number of carbonyl (C=O) groups is 1. The van der Waals surface area contributed by atoms with Crippen molar-refractivity contribution >= 4 is 39.8 Å². The highest BCUT2D eigenvalue weighted by Crippen LogP contribution is 2.21. The number of nitrogens with zero attached hydrogens (tertiary/aromatic N) is 3. The number of hydrogen-bond acceptors (Lipinski definition) is 6. The Kier molecular flexibility index (Phi) is 5.52. The number of pyridine rings is 1. The lowest BCUT2D eigenvalue weighted by molar-refractivity contribution is 0.102. The molecule has 0 aliphatic rings. The van der Waals surface area contributed by atoms with E-state index in [1.165, 1.54) is 0 Å². The Morgan fingerprint density at radius 2 is 1.73 bits per heavy atom. The molecule has 0 aliphatic heterocycles. The molecule has 1 amide bonds. The second kappa shape index (κ2) is 8.57. The van der Waals surface area contributed by atoms with Crippen LogP contribution < -0.4 is 16.0 Å². The van der Waals surface area contributed by atoms with Gasteiger partial charge in [-0.15, -0.1) is 0 Å². The SMILES string of the molecule is CCNc1nc(C)cc(Nc2ccc(NC(=O)c3nccc4ccccc34)cc2)n1. The van der Waals surface area contributed by atoms with E-state index in [-0.39, 0.29) is 5.91 Å². The zero-order valence-electron chi connectivity index (χ0n) is 16.8. The molecular formula is C23H22N6O. The summed E-state index contributed by atoms with van der Waals surface area (Å²) in [6.07, 6.45) is 1.65. The maximum absolute atomic E-state index is 12.7. The van der Waals surface area contributed by atoms with Crippen LogP contribution in [-0.2, 0) is 0 Å². The van der Waals surface area contributed by atoms with Crippen LogP contribution in [0.2, 0.25) is 0 Å². The van der Waals surface area contributed by atoms with Crippen LogP contribution >= 0.6 is 0 Å². The quantitative estimate of drug-likeness (QED) is 0.434. The molecule has 2 heterocycles. The van der Waals surface area contributed by atoms with Crippen molar-refractivity contribution in [1.82, 2.24) is 15.0 Å². The lowest BCUT2D eigenvalue weighted by Crippen LogP contribution is -2.14. The van der Waals surface area contributed by atoms with Gasteiger partial charge in [-0.2, -0.15) is 4.98 Å². The van der Waals surface area contributed by atoms with Gasteiger partial charge < -0.3 is 16.0 Å². The van der Waals surface area contributed by atoms with Crippen LogP contribution in [0.15, 0.2) is 66.9 Å². The van der Waals surface area contributed by atoms with Gasteiger partial charge in [0.25, 0.3) is 5.91 Å². The maximum atomic E-state index is 12.7. The highest BCUT2D eigenvalue weighted by molar-refractivity contribution is 6.11. The lowest BCUT2D eigenvalue weighted by atomic mass is 10.1. The van der Waals surface area contributed by atoms with Crippen molar-refractivity contribution in [2.45, 2.75) is 13.8 Å². The topological polar surface area (TPSA) is 91.8 Å². The third-order valence-corrected chi connectivity index (χ3v) is 4.49. The summed E-state index contributed by atoms with van der Waals surface area (Å²) in [5.41, 5.74) is 2.82. The number of fused-ring (bicyclic) bond motifs is 1. The third-order valence-electron chi connectivity index (χ3n) is 4.49. The molecule has 2 aromatic carbocycles. The van der Waals surface area contributed by atoms with E-state index in [2.05, 4.69) is 30.9 Å². The molecule has 30 heavy (non-hydrogen) atoms. The molecule has 0 atom stereocenters. The largest absolute Gasteiger partial charge is 0.354 e. The smallest absolute Gasteiger partial charge is 0.274 e. The Hall–Kier alpha value is -4.00. The minimum atomic E-state index is -0.241. The molecular weight excluding hydrogens is 376 g/mol. The maximum Gasteiger partial charge on any atom is 0.274 e. The molecule has 7 nitrogen and oxygen atoms in total. The Bertz CT molecular complexity index is 1180. The summed E-state index contributed by atoms with van der Waals surface area (Å²) in [4.78, 5) is 25.8. The highest BCUT2D eigenvalue weighted by atomic mass is 16.1. The van der Waals surface area contributed by atoms with Crippen LogP contribution in [0.25, 0.3) is 10.8 Å². The molecule has 0 bridgehead atoms. The fraction of sp³-hybridized carbons (Fsp3) is 0.130. The number of aromatic nitrogens is 3. The highest BCUT2D eigenvalue weighted by Gasteiger charge is 2.12. The van der Waals surface area contributed by atoms with Crippen molar-refractivity contribution in [3.63, 3.8) is 0 Å². The van der Waals surface area contributed by atoms with Gasteiger partial charge in [-0.05, 0) is 49.6 Å². The summed E-state index contributed by atoms with van der Waals surface area (Å²) < 4.78 is 0. The van der Waals surface area contributed by atoms with Crippen LogP contribution in [0.1, 0.15) is 23.1 Å². The summed E-state index contributed by atoms with van der Waals surface area (Å²) in [5.74, 6) is 1.05. The Morgan fingerprint density at radius 3 is 2.53 bits per heavy atom. The number of anilines is 4. The van der Waals surface area contributed by atoms with Crippen LogP contribution in [0.4, 0.5) is 23.1 Å². The fourth-order valence-corrected chi connectivity index (χ4v) is 3.15. The molecule has 2 aromatic heterocycles. The first-order chi connectivity index (χ1) is 14.6. The number of benzene rings is 2. The second-order valence-electron chi connectivity index (χ2n) is 6.79. The van der Waals surface area contributed by atoms with E-state index in [0.29, 0.717) is 23.1 Å². The Labute approximate surface area is 174 Å². The predicted octanol–water partition coefficient (Wildman–Crippen LogP) is 4.76. The third kappa shape index (κ3) is 4.35. The number of hydrogen-bond donors (Lipinski definition) is 3. The van der Waals surface area contributed by atoms with Gasteiger partial charge >= 0.3 is 0 Å². The van der Waals surface area contributed by atoms with Crippen LogP contribution in [0, 0.1) is 6.92 Å². The average molecular weight is 398 g/mol. The second-order valence-corrected chi connectivity index (χ2v) is 6.79. The molecule has 0 spiro atoms. The molecule has 4 aromatic rings. The van der Waals surface area contributed by atoms with Crippen molar-refractivity contribution in [1.29, 1.82) is 0 Å². The molecule has 0 saturated heterocycles. The molecule has 0 saturated carbocycles. The van der Waals surface area contributed by atoms with E-state index in [0.717, 1.165) is 28.7 Å². The van der Waals surface area contributed by atoms with Crippen molar-refractivity contribution in [2.75, 3.05) is 22.5 Å². The molecule has 0 unspecified atom stereocenters. The fourth-order valence-electron chi connectivity index (χ4n) is 3.15. The zero-order chi connectivity index (χ0) is 20.9. The number of nitrogens with one attached hydrogen (secondary N) is 3. The van der Waals surface area contributed by atoms with Gasteiger partial charge in [0.15, 0.2) is 0 Å². The van der Waals surface area contributed by atoms with E-state index in [4.69, 9.17) is 0 Å². The predicted molar refractivity (Wildman–Crippen MR) is 120 cm³/mol. The van der Waals surface area contributed by atoms with E-state index >= 15 is 0 Å². The van der Waals surface area contributed by atoms with Crippen LogP contribution in [0.3, 0.4) is 0 Å². The van der Waals surface area contributed by atoms with E-state index in [1.54, 1.807) is 6.20 Å². The normalized spacial score (nSPS) is 10.6. The first kappa shape index (κ1) is 19.3. The summed E-state index contributed by atoms with van der Waals surface area (Å²) in [6, 6.07) is 18.9. The Morgan fingerprint density at radius 1 is 0.967 bits per heavy atom. The summed E-state index contributed by atoms with van der Waals surface area (Å²) >= 11 is 0. The van der Waals surface area contributed by atoms with Gasteiger partial charge in [-0.25, -0.2) is 4.98 Å². The van der Waals surface area contributed by atoms with E-state index in [1.807, 2.05) is 74.5 Å². The zero-order valence-corrected chi connectivity index (χ0v) is 16.8. The van der Waals surface area contributed by atoms with Crippen LogP contribution in [0.5, 0.6) is 0 Å². The first-order valence-electron chi connectivity index (χ1n) is 9.74. The summed E-state index contributed by atoms with van der Waals surface area (Å²) in [5, 5.41) is 11.1. The molecule has 150 valence electrons. The van der Waals surface area contributed by atoms with Gasteiger partial charge in [0.1, 0.15) is 11.5 Å². The standard InChI is InChI=1S/C23H22N6O/c1-3-24-23-26-15(2)14-20(29-23)27-17-8-10-18(11-9-17)28-22(30)21-19-7-5-4-6-16(19)12-13-25-21/h4-14H,3H2,1-2H3,(H,28,30)(H2,24,26,27,29). The van der Waals surface area contributed by atoms with Gasteiger partial charge in [0, 0.05) is 41.3 Å². The molecule has 0 radical (unpaired) electrons. The van der Waals surface area contributed by atoms with E-state index < -0.39 is 0 Å². The molecule has 0 aliphatic carbocycles. The minimum absolute atomic E-state index is 0.241. The van der Waals surface area contributed by atoms with Gasteiger partial charge in [-0.1, -0.05) is 24.3 Å².